The fourth-order valence-corrected chi connectivity index (χ4v) is 5.08. The molecule has 0 aliphatic carbocycles. The number of hydrogen-bond acceptors (Lipinski definition) is 3. The summed E-state index contributed by atoms with van der Waals surface area (Å²) in [5.74, 6) is 0. The second-order valence-corrected chi connectivity index (χ2v) is 9.95. The molecule has 0 aliphatic rings. The first-order valence-corrected chi connectivity index (χ1v) is 11.9. The zero-order valence-corrected chi connectivity index (χ0v) is 21.8. The monoisotopic (exact) mass is 414 g/mol. The Bertz CT molecular complexity index is 404. The van der Waals surface area contributed by atoms with Crippen LogP contribution in [-0.2, 0) is 0 Å². The van der Waals surface area contributed by atoms with Crippen molar-refractivity contribution in [2.24, 2.45) is 0 Å². The van der Waals surface area contributed by atoms with Gasteiger partial charge in [0.1, 0.15) is 0 Å². The van der Waals surface area contributed by atoms with Crippen LogP contribution in [0.3, 0.4) is 0 Å². The maximum atomic E-state index is 5.80. The summed E-state index contributed by atoms with van der Waals surface area (Å²) < 4.78 is 0. The summed E-state index contributed by atoms with van der Waals surface area (Å²) in [7, 11) is 0. The third kappa shape index (κ3) is 7.46. The quantitative estimate of drug-likeness (QED) is 0.315. The molecule has 168 valence electrons. The summed E-state index contributed by atoms with van der Waals surface area (Å²) in [5, 5.41) is 7.99. The molecule has 0 fully saturated rings. The van der Waals surface area contributed by atoms with E-state index in [2.05, 4.69) is 104 Å². The highest BCUT2D eigenvalue weighted by Gasteiger charge is 2.37. The smallest absolute Gasteiger partial charge is 0.169 e. The molecule has 4 nitrogen and oxygen atoms in total. The van der Waals surface area contributed by atoms with Crippen molar-refractivity contribution in [2.75, 3.05) is 0 Å². The Morgan fingerprint density at radius 1 is 0.643 bits per heavy atom. The van der Waals surface area contributed by atoms with E-state index >= 15 is 0 Å². The Hall–Kier alpha value is -0.390. The molecule has 0 aromatic heterocycles. The van der Waals surface area contributed by atoms with E-state index < -0.39 is 0 Å². The lowest BCUT2D eigenvalue weighted by Crippen LogP contribution is -2.68. The number of rotatable bonds is 12. The third-order valence-electron chi connectivity index (χ3n) is 6.39. The summed E-state index contributed by atoms with van der Waals surface area (Å²) in [4.78, 5) is 5.13. The Morgan fingerprint density at radius 2 is 0.857 bits per heavy atom. The summed E-state index contributed by atoms with van der Waals surface area (Å²) in [6, 6.07) is 1.96. The number of thiocarbonyl (C=S) groups is 1. The van der Waals surface area contributed by atoms with Crippen molar-refractivity contribution in [3.05, 3.63) is 0 Å². The average Bonchev–Trinajstić information content (AvgIpc) is 2.59. The van der Waals surface area contributed by atoms with E-state index in [9.17, 15) is 0 Å². The van der Waals surface area contributed by atoms with Crippen molar-refractivity contribution in [1.29, 1.82) is 0 Å². The summed E-state index contributed by atoms with van der Waals surface area (Å²) >= 11 is 5.80. The van der Waals surface area contributed by atoms with Gasteiger partial charge in [0, 0.05) is 24.2 Å². The molecule has 4 unspecified atom stereocenters. The second-order valence-electron chi connectivity index (χ2n) is 9.54. The minimum absolute atomic E-state index is 0.220. The molecule has 0 aromatic carbocycles. The van der Waals surface area contributed by atoms with E-state index in [-0.39, 0.29) is 11.3 Å². The van der Waals surface area contributed by atoms with Crippen LogP contribution in [0.25, 0.3) is 0 Å². The summed E-state index contributed by atoms with van der Waals surface area (Å²) in [6.07, 6.45) is 4.49. The molecule has 0 heterocycles. The highest BCUT2D eigenvalue weighted by molar-refractivity contribution is 7.80. The van der Waals surface area contributed by atoms with Crippen LogP contribution in [0, 0.1) is 0 Å². The van der Waals surface area contributed by atoms with Crippen LogP contribution in [0.2, 0.25) is 0 Å². The van der Waals surface area contributed by atoms with Gasteiger partial charge in [-0.3, -0.25) is 9.80 Å². The molecule has 0 aromatic rings. The fraction of sp³-hybridized carbons (Fsp3) is 0.957. The predicted molar refractivity (Wildman–Crippen MR) is 130 cm³/mol. The maximum absolute atomic E-state index is 5.80. The van der Waals surface area contributed by atoms with Gasteiger partial charge in [-0.1, -0.05) is 27.7 Å². The van der Waals surface area contributed by atoms with Crippen LogP contribution in [0.5, 0.6) is 0 Å². The SMILES string of the molecule is CCC(C)N(C(C)CC)C(C)(C)NC(=S)NC(C)(C)N(C(C)CC)C(C)CC. The second kappa shape index (κ2) is 11.7. The molecule has 0 radical (unpaired) electrons. The summed E-state index contributed by atoms with van der Waals surface area (Å²) in [6.45, 7) is 27.2. The normalized spacial score (nSPS) is 17.4. The lowest BCUT2D eigenvalue weighted by Gasteiger charge is -2.49. The molecule has 0 saturated carbocycles. The van der Waals surface area contributed by atoms with Gasteiger partial charge < -0.3 is 10.6 Å². The van der Waals surface area contributed by atoms with Gasteiger partial charge in [0.15, 0.2) is 5.11 Å². The molecule has 4 atom stereocenters. The molecule has 0 spiro atoms. The largest absolute Gasteiger partial charge is 0.345 e. The molecular weight excluding hydrogens is 364 g/mol. The van der Waals surface area contributed by atoms with Crippen molar-refractivity contribution in [1.82, 2.24) is 20.4 Å². The molecule has 0 amide bonds. The molecule has 0 saturated heterocycles. The highest BCUT2D eigenvalue weighted by Crippen LogP contribution is 2.24. The zero-order chi connectivity index (χ0) is 22.3. The van der Waals surface area contributed by atoms with E-state index in [0.29, 0.717) is 24.2 Å². The third-order valence-corrected chi connectivity index (χ3v) is 6.60. The molecule has 5 heteroatoms. The van der Waals surface area contributed by atoms with E-state index in [4.69, 9.17) is 12.2 Å². The van der Waals surface area contributed by atoms with Gasteiger partial charge in [-0.25, -0.2) is 0 Å². The van der Waals surface area contributed by atoms with Gasteiger partial charge >= 0.3 is 0 Å². The van der Waals surface area contributed by atoms with Crippen molar-refractivity contribution < 1.29 is 0 Å². The van der Waals surface area contributed by atoms with Crippen LogP contribution >= 0.6 is 12.2 Å². The van der Waals surface area contributed by atoms with Crippen LogP contribution in [-0.4, -0.2) is 50.4 Å². The number of hydrogen-bond donors (Lipinski definition) is 2. The van der Waals surface area contributed by atoms with Gasteiger partial charge in [0.05, 0.1) is 11.3 Å². The van der Waals surface area contributed by atoms with Crippen LogP contribution in [0.15, 0.2) is 0 Å². The van der Waals surface area contributed by atoms with E-state index in [1.807, 2.05) is 0 Å². The Labute approximate surface area is 182 Å². The first-order chi connectivity index (χ1) is 12.8. The molecular formula is C23H50N4S. The van der Waals surface area contributed by atoms with Crippen molar-refractivity contribution in [3.8, 4) is 0 Å². The first kappa shape index (κ1) is 27.6. The minimum Gasteiger partial charge on any atom is -0.345 e. The fourth-order valence-electron chi connectivity index (χ4n) is 4.58. The zero-order valence-electron chi connectivity index (χ0n) is 20.9. The maximum Gasteiger partial charge on any atom is 0.169 e. The van der Waals surface area contributed by atoms with Gasteiger partial charge in [-0.15, -0.1) is 0 Å². The van der Waals surface area contributed by atoms with Gasteiger partial charge in [-0.2, -0.15) is 0 Å². The topological polar surface area (TPSA) is 30.5 Å². The van der Waals surface area contributed by atoms with Gasteiger partial charge in [0.25, 0.3) is 0 Å². The van der Waals surface area contributed by atoms with Crippen LogP contribution in [0.1, 0.15) is 109 Å². The van der Waals surface area contributed by atoms with E-state index in [0.717, 1.165) is 30.8 Å². The summed E-state index contributed by atoms with van der Waals surface area (Å²) in [5.41, 5.74) is -0.439. The number of nitrogens with zero attached hydrogens (tertiary/aromatic N) is 2. The van der Waals surface area contributed by atoms with Crippen molar-refractivity contribution in [2.45, 2.75) is 144 Å². The first-order valence-electron chi connectivity index (χ1n) is 11.5. The van der Waals surface area contributed by atoms with Crippen molar-refractivity contribution in [3.63, 3.8) is 0 Å². The van der Waals surface area contributed by atoms with Crippen molar-refractivity contribution >= 4 is 17.3 Å². The lowest BCUT2D eigenvalue weighted by atomic mass is 10.0. The molecule has 0 aliphatic heterocycles. The standard InChI is InChI=1S/C23H50N4S/c1-13-17(5)26(18(6)14-2)22(9,10)24-21(28)25-23(11,12)27(19(7)15-3)20(8)16-4/h17-20H,13-16H2,1-12H3,(H2,24,25,28). The lowest BCUT2D eigenvalue weighted by molar-refractivity contribution is 0.0127. The molecule has 2 N–H and O–H groups in total. The van der Waals surface area contributed by atoms with E-state index in [1.54, 1.807) is 0 Å². The van der Waals surface area contributed by atoms with Crippen LogP contribution < -0.4 is 10.6 Å². The molecule has 0 rings (SSSR count). The average molecular weight is 415 g/mol. The van der Waals surface area contributed by atoms with Gasteiger partial charge in [-0.05, 0) is 93.3 Å². The number of nitrogens with one attached hydrogen (secondary N) is 2. The molecule has 28 heavy (non-hydrogen) atoms. The Balaban J connectivity index is 5.46. The minimum atomic E-state index is -0.220. The van der Waals surface area contributed by atoms with E-state index in [1.165, 1.54) is 0 Å². The predicted octanol–water partition coefficient (Wildman–Crippen LogP) is 5.72. The molecule has 0 bridgehead atoms. The highest BCUT2D eigenvalue weighted by atomic mass is 32.1. The Kier molecular flexibility index (Phi) is 11.5. The van der Waals surface area contributed by atoms with Crippen LogP contribution in [0.4, 0.5) is 0 Å². The Morgan fingerprint density at radius 3 is 1.04 bits per heavy atom. The van der Waals surface area contributed by atoms with Gasteiger partial charge in [0.2, 0.25) is 0 Å².